The van der Waals surface area contributed by atoms with E-state index in [4.69, 9.17) is 11.6 Å². The topological polar surface area (TPSA) is 12.0 Å². The summed E-state index contributed by atoms with van der Waals surface area (Å²) in [6.07, 6.45) is 0. The summed E-state index contributed by atoms with van der Waals surface area (Å²) in [4.78, 5) is 1.24. The SMILES string of the molecule is CNC(c1ccc(Br)s1)c1cccc(Br)c1Cl. The van der Waals surface area contributed by atoms with Crippen molar-refractivity contribution in [3.05, 3.63) is 54.1 Å². The Hall–Kier alpha value is 0.130. The number of halogens is 3. The Balaban J connectivity index is 2.45. The van der Waals surface area contributed by atoms with E-state index in [0.29, 0.717) is 0 Å². The zero-order valence-electron chi connectivity index (χ0n) is 9.01. The van der Waals surface area contributed by atoms with E-state index in [1.54, 1.807) is 11.3 Å². The molecule has 1 unspecified atom stereocenters. The van der Waals surface area contributed by atoms with Crippen LogP contribution < -0.4 is 5.32 Å². The Morgan fingerprint density at radius 3 is 2.59 bits per heavy atom. The third kappa shape index (κ3) is 2.93. The minimum absolute atomic E-state index is 0.122. The fourth-order valence-corrected chi connectivity index (χ4v) is 3.85. The van der Waals surface area contributed by atoms with E-state index in [2.05, 4.69) is 49.3 Å². The van der Waals surface area contributed by atoms with Crippen molar-refractivity contribution in [1.29, 1.82) is 0 Å². The van der Waals surface area contributed by atoms with Crippen molar-refractivity contribution in [2.75, 3.05) is 7.05 Å². The first-order chi connectivity index (χ1) is 8.13. The van der Waals surface area contributed by atoms with E-state index in [1.165, 1.54) is 4.88 Å². The van der Waals surface area contributed by atoms with Gasteiger partial charge in [-0.1, -0.05) is 23.7 Å². The second-order valence-electron chi connectivity index (χ2n) is 3.51. The van der Waals surface area contributed by atoms with Gasteiger partial charge < -0.3 is 5.32 Å². The van der Waals surface area contributed by atoms with E-state index in [1.807, 2.05) is 25.2 Å². The highest BCUT2D eigenvalue weighted by molar-refractivity contribution is 9.11. The Labute approximate surface area is 126 Å². The lowest BCUT2D eigenvalue weighted by atomic mass is 10.1. The van der Waals surface area contributed by atoms with Crippen LogP contribution in [0.2, 0.25) is 5.02 Å². The third-order valence-corrected chi connectivity index (χ3v) is 5.46. The molecular formula is C12H10Br2ClNS. The van der Waals surface area contributed by atoms with Crippen molar-refractivity contribution in [1.82, 2.24) is 5.32 Å². The summed E-state index contributed by atoms with van der Waals surface area (Å²) in [7, 11) is 1.94. The van der Waals surface area contributed by atoms with Crippen LogP contribution in [0.1, 0.15) is 16.5 Å². The van der Waals surface area contributed by atoms with Gasteiger partial charge in [-0.2, -0.15) is 0 Å². The Morgan fingerprint density at radius 2 is 2.00 bits per heavy atom. The van der Waals surface area contributed by atoms with Crippen LogP contribution in [0.5, 0.6) is 0 Å². The van der Waals surface area contributed by atoms with E-state index in [-0.39, 0.29) is 6.04 Å². The molecule has 0 fully saturated rings. The van der Waals surface area contributed by atoms with Crippen LogP contribution in [-0.2, 0) is 0 Å². The molecule has 0 saturated carbocycles. The van der Waals surface area contributed by atoms with Crippen LogP contribution in [0.15, 0.2) is 38.6 Å². The predicted octanol–water partition coefficient (Wildman–Crippen LogP) is 5.24. The quantitative estimate of drug-likeness (QED) is 0.750. The van der Waals surface area contributed by atoms with Gasteiger partial charge >= 0.3 is 0 Å². The van der Waals surface area contributed by atoms with Crippen molar-refractivity contribution in [2.45, 2.75) is 6.04 Å². The standard InChI is InChI=1S/C12H10Br2ClNS/c1-16-12(9-5-6-10(14)17-9)7-3-2-4-8(13)11(7)15/h2-6,12,16H,1H3. The van der Waals surface area contributed by atoms with Crippen molar-refractivity contribution in [2.24, 2.45) is 0 Å². The predicted molar refractivity (Wildman–Crippen MR) is 82.1 cm³/mol. The van der Waals surface area contributed by atoms with Gasteiger partial charge in [-0.3, -0.25) is 0 Å². The van der Waals surface area contributed by atoms with Gasteiger partial charge in [-0.25, -0.2) is 0 Å². The van der Waals surface area contributed by atoms with Crippen LogP contribution in [-0.4, -0.2) is 7.05 Å². The molecule has 0 aliphatic rings. The third-order valence-electron chi connectivity index (χ3n) is 2.46. The minimum atomic E-state index is 0.122. The molecule has 1 N–H and O–H groups in total. The van der Waals surface area contributed by atoms with E-state index < -0.39 is 0 Å². The molecule has 2 aromatic rings. The molecule has 1 aromatic carbocycles. The molecule has 0 bridgehead atoms. The van der Waals surface area contributed by atoms with Gasteiger partial charge in [0.15, 0.2) is 0 Å². The molecule has 2 rings (SSSR count). The summed E-state index contributed by atoms with van der Waals surface area (Å²) in [5.74, 6) is 0. The first-order valence-electron chi connectivity index (χ1n) is 5.00. The molecule has 0 aliphatic heterocycles. The summed E-state index contributed by atoms with van der Waals surface area (Å²) in [6, 6.07) is 10.3. The maximum Gasteiger partial charge on any atom is 0.0702 e. The first-order valence-corrected chi connectivity index (χ1v) is 7.78. The zero-order chi connectivity index (χ0) is 12.4. The second kappa shape index (κ2) is 5.85. The highest BCUT2D eigenvalue weighted by Crippen LogP contribution is 2.36. The highest BCUT2D eigenvalue weighted by atomic mass is 79.9. The molecule has 90 valence electrons. The van der Waals surface area contributed by atoms with Gasteiger partial charge in [0.2, 0.25) is 0 Å². The fraction of sp³-hybridized carbons (Fsp3) is 0.167. The van der Waals surface area contributed by atoms with Crippen molar-refractivity contribution < 1.29 is 0 Å². The summed E-state index contributed by atoms with van der Waals surface area (Å²) in [5, 5.41) is 4.06. The lowest BCUT2D eigenvalue weighted by molar-refractivity contribution is 0.704. The lowest BCUT2D eigenvalue weighted by Gasteiger charge is -2.17. The van der Waals surface area contributed by atoms with Crippen molar-refractivity contribution in [3.63, 3.8) is 0 Å². The first kappa shape index (κ1) is 13.6. The molecule has 17 heavy (non-hydrogen) atoms. The molecule has 1 nitrogen and oxygen atoms in total. The summed E-state index contributed by atoms with van der Waals surface area (Å²) >= 11 is 15.0. The smallest absolute Gasteiger partial charge is 0.0702 e. The van der Waals surface area contributed by atoms with Crippen LogP contribution in [0.25, 0.3) is 0 Å². The average molecular weight is 396 g/mol. The number of rotatable bonds is 3. The minimum Gasteiger partial charge on any atom is -0.309 e. The molecule has 1 aromatic heterocycles. The molecule has 0 saturated heterocycles. The van der Waals surface area contributed by atoms with Crippen LogP contribution in [0.4, 0.5) is 0 Å². The van der Waals surface area contributed by atoms with Crippen molar-refractivity contribution >= 4 is 54.8 Å². The average Bonchev–Trinajstić information content (AvgIpc) is 2.72. The number of hydrogen-bond acceptors (Lipinski definition) is 2. The molecule has 0 aliphatic carbocycles. The number of thiophene rings is 1. The summed E-state index contributed by atoms with van der Waals surface area (Å²) in [6.45, 7) is 0. The highest BCUT2D eigenvalue weighted by Gasteiger charge is 2.17. The van der Waals surface area contributed by atoms with E-state index in [0.717, 1.165) is 18.8 Å². The van der Waals surface area contributed by atoms with E-state index in [9.17, 15) is 0 Å². The maximum absolute atomic E-state index is 6.33. The molecule has 0 amide bonds. The van der Waals surface area contributed by atoms with Crippen LogP contribution in [0, 0.1) is 0 Å². The van der Waals surface area contributed by atoms with Crippen LogP contribution >= 0.6 is 54.8 Å². The number of hydrogen-bond donors (Lipinski definition) is 1. The molecule has 0 radical (unpaired) electrons. The molecular weight excluding hydrogens is 385 g/mol. The van der Waals surface area contributed by atoms with Gasteiger partial charge in [0.05, 0.1) is 14.9 Å². The van der Waals surface area contributed by atoms with E-state index >= 15 is 0 Å². The molecule has 5 heteroatoms. The molecule has 0 spiro atoms. The maximum atomic E-state index is 6.33. The monoisotopic (exact) mass is 393 g/mol. The van der Waals surface area contributed by atoms with Gasteiger partial charge in [-0.05, 0) is 62.7 Å². The zero-order valence-corrected chi connectivity index (χ0v) is 13.8. The summed E-state index contributed by atoms with van der Waals surface area (Å²) in [5.41, 5.74) is 1.08. The Kier molecular flexibility index (Phi) is 4.66. The normalized spacial score (nSPS) is 12.7. The Morgan fingerprint density at radius 1 is 1.24 bits per heavy atom. The van der Waals surface area contributed by atoms with Gasteiger partial charge in [0, 0.05) is 9.35 Å². The van der Waals surface area contributed by atoms with Crippen molar-refractivity contribution in [3.8, 4) is 0 Å². The van der Waals surface area contributed by atoms with Gasteiger partial charge in [0.1, 0.15) is 0 Å². The largest absolute Gasteiger partial charge is 0.309 e. The molecule has 1 heterocycles. The molecule has 1 atom stereocenters. The van der Waals surface area contributed by atoms with Crippen LogP contribution in [0.3, 0.4) is 0 Å². The number of benzene rings is 1. The lowest BCUT2D eigenvalue weighted by Crippen LogP contribution is -2.16. The van der Waals surface area contributed by atoms with Gasteiger partial charge in [0.25, 0.3) is 0 Å². The fourth-order valence-electron chi connectivity index (χ4n) is 1.68. The number of nitrogens with one attached hydrogen (secondary N) is 1. The van der Waals surface area contributed by atoms with Gasteiger partial charge in [-0.15, -0.1) is 11.3 Å². The summed E-state index contributed by atoms with van der Waals surface area (Å²) < 4.78 is 2.05. The second-order valence-corrected chi connectivity index (χ2v) is 7.23. The Bertz CT molecular complexity index is 527.